The molecule has 0 amide bonds. The standard InChI is InChI=1S/C15H19N3O/c1-3-9-18-15(16-11-17-18)10-14(19)12(2)13-7-5-4-6-8-13/h4-8,11-12H,3,9-10H2,1-2H3. The first-order chi connectivity index (χ1) is 9.22. The fourth-order valence-electron chi connectivity index (χ4n) is 2.06. The predicted molar refractivity (Wildman–Crippen MR) is 73.9 cm³/mol. The normalized spacial score (nSPS) is 12.3. The van der Waals surface area contributed by atoms with Crippen molar-refractivity contribution in [1.82, 2.24) is 14.8 Å². The molecule has 1 heterocycles. The molecule has 0 spiro atoms. The van der Waals surface area contributed by atoms with Gasteiger partial charge in [-0.05, 0) is 12.0 Å². The quantitative estimate of drug-likeness (QED) is 0.799. The Morgan fingerprint density at radius 1 is 1.32 bits per heavy atom. The van der Waals surface area contributed by atoms with E-state index in [9.17, 15) is 4.79 Å². The Morgan fingerprint density at radius 3 is 2.74 bits per heavy atom. The van der Waals surface area contributed by atoms with E-state index in [1.807, 2.05) is 41.9 Å². The van der Waals surface area contributed by atoms with Crippen LogP contribution in [0.3, 0.4) is 0 Å². The number of aromatic nitrogens is 3. The van der Waals surface area contributed by atoms with Crippen molar-refractivity contribution in [3.05, 3.63) is 48.0 Å². The van der Waals surface area contributed by atoms with E-state index in [0.29, 0.717) is 6.42 Å². The van der Waals surface area contributed by atoms with Crippen molar-refractivity contribution >= 4 is 5.78 Å². The highest BCUT2D eigenvalue weighted by atomic mass is 16.1. The average molecular weight is 257 g/mol. The van der Waals surface area contributed by atoms with E-state index in [0.717, 1.165) is 24.4 Å². The molecule has 0 N–H and O–H groups in total. The number of aryl methyl sites for hydroxylation is 1. The number of ketones is 1. The highest BCUT2D eigenvalue weighted by Gasteiger charge is 2.17. The maximum Gasteiger partial charge on any atom is 0.147 e. The Balaban J connectivity index is 2.06. The molecule has 1 aromatic heterocycles. The van der Waals surface area contributed by atoms with Crippen LogP contribution in [-0.4, -0.2) is 20.5 Å². The number of Topliss-reactive ketones (excluding diaryl/α,β-unsaturated/α-hetero) is 1. The van der Waals surface area contributed by atoms with Crippen LogP contribution in [0.4, 0.5) is 0 Å². The van der Waals surface area contributed by atoms with Crippen LogP contribution in [0.5, 0.6) is 0 Å². The Bertz CT molecular complexity index is 533. The van der Waals surface area contributed by atoms with Crippen molar-refractivity contribution in [2.45, 2.75) is 39.2 Å². The summed E-state index contributed by atoms with van der Waals surface area (Å²) >= 11 is 0. The van der Waals surface area contributed by atoms with Crippen LogP contribution in [0.2, 0.25) is 0 Å². The zero-order valence-corrected chi connectivity index (χ0v) is 11.4. The van der Waals surface area contributed by atoms with Crippen molar-refractivity contribution in [3.8, 4) is 0 Å². The Morgan fingerprint density at radius 2 is 2.05 bits per heavy atom. The lowest BCUT2D eigenvalue weighted by molar-refractivity contribution is -0.119. The van der Waals surface area contributed by atoms with Crippen LogP contribution < -0.4 is 0 Å². The second-order valence-corrected chi connectivity index (χ2v) is 4.67. The second-order valence-electron chi connectivity index (χ2n) is 4.67. The predicted octanol–water partition coefficient (Wildman–Crippen LogP) is 2.60. The third-order valence-corrected chi connectivity index (χ3v) is 3.25. The third kappa shape index (κ3) is 3.28. The van der Waals surface area contributed by atoms with Crippen molar-refractivity contribution in [2.75, 3.05) is 0 Å². The van der Waals surface area contributed by atoms with Gasteiger partial charge in [-0.25, -0.2) is 9.67 Å². The van der Waals surface area contributed by atoms with E-state index in [4.69, 9.17) is 0 Å². The number of nitrogens with zero attached hydrogens (tertiary/aromatic N) is 3. The van der Waals surface area contributed by atoms with Crippen LogP contribution in [0.15, 0.2) is 36.7 Å². The van der Waals surface area contributed by atoms with E-state index in [2.05, 4.69) is 17.0 Å². The molecule has 0 aliphatic rings. The first-order valence-corrected chi connectivity index (χ1v) is 6.66. The Hall–Kier alpha value is -1.97. The van der Waals surface area contributed by atoms with E-state index < -0.39 is 0 Å². The maximum absolute atomic E-state index is 12.3. The number of carbonyl (C=O) groups excluding carboxylic acids is 1. The largest absolute Gasteiger partial charge is 0.299 e. The van der Waals surface area contributed by atoms with E-state index in [-0.39, 0.29) is 11.7 Å². The van der Waals surface area contributed by atoms with E-state index in [1.54, 1.807) is 0 Å². The fourth-order valence-corrected chi connectivity index (χ4v) is 2.06. The lowest BCUT2D eigenvalue weighted by atomic mass is 9.95. The van der Waals surface area contributed by atoms with Crippen LogP contribution >= 0.6 is 0 Å². The molecule has 2 aromatic rings. The minimum absolute atomic E-state index is 0.104. The van der Waals surface area contributed by atoms with Gasteiger partial charge in [0, 0.05) is 12.5 Å². The van der Waals surface area contributed by atoms with Crippen molar-refractivity contribution in [3.63, 3.8) is 0 Å². The molecule has 1 atom stereocenters. The summed E-state index contributed by atoms with van der Waals surface area (Å²) in [6.45, 7) is 4.83. The minimum Gasteiger partial charge on any atom is -0.299 e. The molecule has 1 aromatic carbocycles. The molecule has 0 radical (unpaired) electrons. The van der Waals surface area contributed by atoms with Gasteiger partial charge >= 0.3 is 0 Å². The summed E-state index contributed by atoms with van der Waals surface area (Å²) in [7, 11) is 0. The van der Waals surface area contributed by atoms with Gasteiger partial charge in [-0.3, -0.25) is 4.79 Å². The summed E-state index contributed by atoms with van der Waals surface area (Å²) in [6, 6.07) is 9.84. The Kier molecular flexibility index (Phi) is 4.44. The number of rotatable bonds is 6. The highest BCUT2D eigenvalue weighted by molar-refractivity contribution is 5.86. The van der Waals surface area contributed by atoms with Crippen molar-refractivity contribution in [2.24, 2.45) is 0 Å². The van der Waals surface area contributed by atoms with Gasteiger partial charge in [0.15, 0.2) is 0 Å². The molecule has 0 bridgehead atoms. The fraction of sp³-hybridized carbons (Fsp3) is 0.400. The smallest absolute Gasteiger partial charge is 0.147 e. The highest BCUT2D eigenvalue weighted by Crippen LogP contribution is 2.17. The monoisotopic (exact) mass is 257 g/mol. The van der Waals surface area contributed by atoms with Gasteiger partial charge in [0.05, 0.1) is 6.42 Å². The molecular formula is C15H19N3O. The van der Waals surface area contributed by atoms with Crippen LogP contribution in [0.25, 0.3) is 0 Å². The van der Waals surface area contributed by atoms with Gasteiger partial charge in [0.1, 0.15) is 17.9 Å². The molecule has 4 nitrogen and oxygen atoms in total. The van der Waals surface area contributed by atoms with Gasteiger partial charge in [0.2, 0.25) is 0 Å². The summed E-state index contributed by atoms with van der Waals surface area (Å²) in [5.74, 6) is 0.833. The van der Waals surface area contributed by atoms with Gasteiger partial charge in [-0.1, -0.05) is 44.2 Å². The van der Waals surface area contributed by atoms with Crippen LogP contribution in [-0.2, 0) is 17.8 Å². The lowest BCUT2D eigenvalue weighted by Crippen LogP contribution is -2.16. The molecule has 0 aliphatic carbocycles. The minimum atomic E-state index is -0.104. The zero-order valence-electron chi connectivity index (χ0n) is 11.4. The number of hydrogen-bond donors (Lipinski definition) is 0. The molecule has 0 fully saturated rings. The van der Waals surface area contributed by atoms with Crippen molar-refractivity contribution in [1.29, 1.82) is 0 Å². The maximum atomic E-state index is 12.3. The molecule has 2 rings (SSSR count). The first-order valence-electron chi connectivity index (χ1n) is 6.66. The van der Waals surface area contributed by atoms with Gasteiger partial charge in [-0.15, -0.1) is 0 Å². The molecule has 19 heavy (non-hydrogen) atoms. The van der Waals surface area contributed by atoms with E-state index >= 15 is 0 Å². The number of hydrogen-bond acceptors (Lipinski definition) is 3. The van der Waals surface area contributed by atoms with Crippen LogP contribution in [0.1, 0.15) is 37.6 Å². The number of carbonyl (C=O) groups is 1. The molecule has 100 valence electrons. The third-order valence-electron chi connectivity index (χ3n) is 3.25. The summed E-state index contributed by atoms with van der Waals surface area (Å²) in [5.41, 5.74) is 1.05. The van der Waals surface area contributed by atoms with Crippen molar-refractivity contribution < 1.29 is 4.79 Å². The summed E-state index contributed by atoms with van der Waals surface area (Å²) < 4.78 is 1.82. The SMILES string of the molecule is CCCn1ncnc1CC(=O)C(C)c1ccccc1. The molecule has 4 heteroatoms. The number of benzene rings is 1. The zero-order chi connectivity index (χ0) is 13.7. The van der Waals surface area contributed by atoms with Crippen LogP contribution in [0, 0.1) is 0 Å². The first kappa shape index (κ1) is 13.5. The molecule has 0 aliphatic heterocycles. The van der Waals surface area contributed by atoms with E-state index in [1.165, 1.54) is 6.33 Å². The van der Waals surface area contributed by atoms with Gasteiger partial charge in [0.25, 0.3) is 0 Å². The molecule has 1 unspecified atom stereocenters. The topological polar surface area (TPSA) is 47.8 Å². The van der Waals surface area contributed by atoms with Gasteiger partial charge < -0.3 is 0 Å². The average Bonchev–Trinajstić information content (AvgIpc) is 2.86. The lowest BCUT2D eigenvalue weighted by Gasteiger charge is -2.11. The summed E-state index contributed by atoms with van der Waals surface area (Å²) in [6.07, 6.45) is 2.85. The summed E-state index contributed by atoms with van der Waals surface area (Å²) in [4.78, 5) is 16.5. The summed E-state index contributed by atoms with van der Waals surface area (Å²) in [5, 5.41) is 4.14. The second kappa shape index (κ2) is 6.27. The molecule has 0 saturated carbocycles. The molecule has 0 saturated heterocycles. The Labute approximate surface area is 113 Å². The molecular weight excluding hydrogens is 238 g/mol. The van der Waals surface area contributed by atoms with Gasteiger partial charge in [-0.2, -0.15) is 5.10 Å².